The third-order valence-electron chi connectivity index (χ3n) is 4.18. The molecule has 1 aliphatic rings. The standard InChI is InChI=1S/C13H18FN/c1-3-13(2)10(8-12(13)15)9-6-4-5-7-11(9)14/h4-7,10,12H,3,8,15H2,1-2H3. The molecule has 0 amide bonds. The van der Waals surface area contributed by atoms with Gasteiger partial charge in [-0.3, -0.25) is 0 Å². The van der Waals surface area contributed by atoms with E-state index in [2.05, 4.69) is 13.8 Å². The molecule has 0 aromatic heterocycles. The molecule has 1 aromatic rings. The Morgan fingerprint density at radius 2 is 2.13 bits per heavy atom. The molecule has 2 N–H and O–H groups in total. The Morgan fingerprint density at radius 1 is 1.47 bits per heavy atom. The Morgan fingerprint density at radius 3 is 2.67 bits per heavy atom. The summed E-state index contributed by atoms with van der Waals surface area (Å²) in [4.78, 5) is 0. The highest BCUT2D eigenvalue weighted by atomic mass is 19.1. The molecule has 1 aromatic carbocycles. The van der Waals surface area contributed by atoms with Crippen molar-refractivity contribution in [1.82, 2.24) is 0 Å². The van der Waals surface area contributed by atoms with Crippen molar-refractivity contribution in [3.05, 3.63) is 35.6 Å². The van der Waals surface area contributed by atoms with E-state index >= 15 is 0 Å². The lowest BCUT2D eigenvalue weighted by atomic mass is 9.54. The molecule has 1 aliphatic carbocycles. The molecule has 3 atom stereocenters. The highest BCUT2D eigenvalue weighted by Gasteiger charge is 2.49. The Labute approximate surface area is 90.5 Å². The molecule has 0 heterocycles. The minimum atomic E-state index is -0.0888. The van der Waals surface area contributed by atoms with Gasteiger partial charge in [0.05, 0.1) is 0 Å². The number of hydrogen-bond donors (Lipinski definition) is 1. The number of halogens is 1. The van der Waals surface area contributed by atoms with E-state index in [-0.39, 0.29) is 17.3 Å². The number of hydrogen-bond acceptors (Lipinski definition) is 1. The summed E-state index contributed by atoms with van der Waals surface area (Å²) in [5.74, 6) is 0.202. The van der Waals surface area contributed by atoms with Crippen LogP contribution in [-0.4, -0.2) is 6.04 Å². The Balaban J connectivity index is 2.31. The summed E-state index contributed by atoms with van der Waals surface area (Å²) in [6, 6.07) is 7.28. The van der Waals surface area contributed by atoms with Crippen LogP contribution in [0.15, 0.2) is 24.3 Å². The van der Waals surface area contributed by atoms with E-state index in [1.807, 2.05) is 12.1 Å². The van der Waals surface area contributed by atoms with Gasteiger partial charge in [-0.15, -0.1) is 0 Å². The second-order valence-corrected chi connectivity index (χ2v) is 4.78. The van der Waals surface area contributed by atoms with Crippen LogP contribution in [0.5, 0.6) is 0 Å². The summed E-state index contributed by atoms with van der Waals surface area (Å²) in [5, 5.41) is 0. The first-order chi connectivity index (χ1) is 7.09. The van der Waals surface area contributed by atoms with Gasteiger partial charge in [-0.2, -0.15) is 0 Å². The van der Waals surface area contributed by atoms with Gasteiger partial charge in [0, 0.05) is 6.04 Å². The Kier molecular flexibility index (Phi) is 2.55. The normalized spacial score (nSPS) is 34.9. The van der Waals surface area contributed by atoms with Crippen LogP contribution in [0.25, 0.3) is 0 Å². The summed E-state index contributed by atoms with van der Waals surface area (Å²) >= 11 is 0. The molecule has 15 heavy (non-hydrogen) atoms. The summed E-state index contributed by atoms with van der Waals surface area (Å²) in [6.07, 6.45) is 1.92. The smallest absolute Gasteiger partial charge is 0.126 e. The number of nitrogens with two attached hydrogens (primary N) is 1. The Hall–Kier alpha value is -0.890. The minimum absolute atomic E-state index is 0.0716. The SMILES string of the molecule is CCC1(C)C(N)CC1c1ccccc1F. The molecular formula is C13H18FN. The van der Waals surface area contributed by atoms with E-state index in [1.165, 1.54) is 6.07 Å². The van der Waals surface area contributed by atoms with E-state index in [0.29, 0.717) is 5.92 Å². The zero-order chi connectivity index (χ0) is 11.1. The molecule has 0 radical (unpaired) electrons. The average molecular weight is 207 g/mol. The molecule has 3 unspecified atom stereocenters. The van der Waals surface area contributed by atoms with Crippen molar-refractivity contribution in [1.29, 1.82) is 0 Å². The lowest BCUT2D eigenvalue weighted by Gasteiger charge is -2.52. The van der Waals surface area contributed by atoms with E-state index in [0.717, 1.165) is 18.4 Å². The van der Waals surface area contributed by atoms with Crippen molar-refractivity contribution in [3.8, 4) is 0 Å². The lowest BCUT2D eigenvalue weighted by molar-refractivity contribution is 0.0682. The molecule has 0 spiro atoms. The van der Waals surface area contributed by atoms with Crippen molar-refractivity contribution < 1.29 is 4.39 Å². The van der Waals surface area contributed by atoms with Gasteiger partial charge >= 0.3 is 0 Å². The van der Waals surface area contributed by atoms with Gasteiger partial charge < -0.3 is 5.73 Å². The maximum absolute atomic E-state index is 13.6. The van der Waals surface area contributed by atoms with Gasteiger partial charge in [-0.05, 0) is 35.8 Å². The van der Waals surface area contributed by atoms with Gasteiger partial charge in [0.25, 0.3) is 0 Å². The second kappa shape index (κ2) is 3.60. The third kappa shape index (κ3) is 1.48. The summed E-state index contributed by atoms with van der Waals surface area (Å²) in [6.45, 7) is 4.30. The highest BCUT2D eigenvalue weighted by molar-refractivity contribution is 5.29. The molecule has 0 bridgehead atoms. The lowest BCUT2D eigenvalue weighted by Crippen LogP contribution is -2.54. The van der Waals surface area contributed by atoms with Crippen LogP contribution in [0.3, 0.4) is 0 Å². The van der Waals surface area contributed by atoms with Gasteiger partial charge in [0.1, 0.15) is 5.82 Å². The molecule has 0 aliphatic heterocycles. The topological polar surface area (TPSA) is 26.0 Å². The van der Waals surface area contributed by atoms with Crippen LogP contribution in [-0.2, 0) is 0 Å². The molecule has 1 saturated carbocycles. The van der Waals surface area contributed by atoms with Crippen molar-refractivity contribution in [3.63, 3.8) is 0 Å². The van der Waals surface area contributed by atoms with Crippen LogP contribution in [0.2, 0.25) is 0 Å². The predicted octanol–water partition coefficient (Wildman–Crippen LogP) is 3.06. The molecule has 2 heteroatoms. The fraction of sp³-hybridized carbons (Fsp3) is 0.538. The molecule has 2 rings (SSSR count). The van der Waals surface area contributed by atoms with Gasteiger partial charge in [-0.25, -0.2) is 4.39 Å². The second-order valence-electron chi connectivity index (χ2n) is 4.78. The van der Waals surface area contributed by atoms with Crippen LogP contribution >= 0.6 is 0 Å². The summed E-state index contributed by atoms with van der Waals surface area (Å²) < 4.78 is 13.6. The van der Waals surface area contributed by atoms with E-state index < -0.39 is 0 Å². The number of rotatable bonds is 2. The van der Waals surface area contributed by atoms with Crippen molar-refractivity contribution in [2.24, 2.45) is 11.1 Å². The zero-order valence-corrected chi connectivity index (χ0v) is 9.33. The van der Waals surface area contributed by atoms with Crippen LogP contribution < -0.4 is 5.73 Å². The van der Waals surface area contributed by atoms with E-state index in [4.69, 9.17) is 5.73 Å². The molecule has 1 fully saturated rings. The van der Waals surface area contributed by atoms with Crippen molar-refractivity contribution in [2.75, 3.05) is 0 Å². The van der Waals surface area contributed by atoms with Crippen molar-refractivity contribution >= 4 is 0 Å². The first-order valence-corrected chi connectivity index (χ1v) is 5.59. The van der Waals surface area contributed by atoms with Crippen LogP contribution in [0, 0.1) is 11.2 Å². The molecule has 0 saturated heterocycles. The fourth-order valence-corrected chi connectivity index (χ4v) is 2.64. The molecule has 1 nitrogen and oxygen atoms in total. The highest BCUT2D eigenvalue weighted by Crippen LogP contribution is 2.54. The van der Waals surface area contributed by atoms with Gasteiger partial charge in [0.15, 0.2) is 0 Å². The maximum atomic E-state index is 13.6. The summed E-state index contributed by atoms with van der Waals surface area (Å²) in [5.41, 5.74) is 6.93. The van der Waals surface area contributed by atoms with E-state index in [1.54, 1.807) is 6.07 Å². The third-order valence-corrected chi connectivity index (χ3v) is 4.18. The quantitative estimate of drug-likeness (QED) is 0.792. The first-order valence-electron chi connectivity index (χ1n) is 5.59. The maximum Gasteiger partial charge on any atom is 0.126 e. The van der Waals surface area contributed by atoms with Gasteiger partial charge in [-0.1, -0.05) is 32.0 Å². The van der Waals surface area contributed by atoms with Crippen molar-refractivity contribution in [2.45, 2.75) is 38.6 Å². The van der Waals surface area contributed by atoms with Crippen LogP contribution in [0.1, 0.15) is 38.2 Å². The van der Waals surface area contributed by atoms with Gasteiger partial charge in [0.2, 0.25) is 0 Å². The average Bonchev–Trinajstić information content (AvgIpc) is 2.26. The Bertz CT molecular complexity index is 363. The number of benzene rings is 1. The monoisotopic (exact) mass is 207 g/mol. The van der Waals surface area contributed by atoms with Crippen LogP contribution in [0.4, 0.5) is 4.39 Å². The largest absolute Gasteiger partial charge is 0.327 e. The van der Waals surface area contributed by atoms with E-state index in [9.17, 15) is 4.39 Å². The predicted molar refractivity (Wildman–Crippen MR) is 60.1 cm³/mol. The minimum Gasteiger partial charge on any atom is -0.327 e. The zero-order valence-electron chi connectivity index (χ0n) is 9.33. The summed E-state index contributed by atoms with van der Waals surface area (Å²) in [7, 11) is 0. The first kappa shape index (κ1) is 10.6. The molecule has 82 valence electrons. The fourth-order valence-electron chi connectivity index (χ4n) is 2.64. The molecular weight excluding hydrogens is 189 g/mol.